The Labute approximate surface area is 164 Å². The van der Waals surface area contributed by atoms with Gasteiger partial charge in [-0.05, 0) is 30.3 Å². The summed E-state index contributed by atoms with van der Waals surface area (Å²) < 4.78 is 40.8. The van der Waals surface area contributed by atoms with Crippen LogP contribution in [0.15, 0.2) is 59.2 Å². The van der Waals surface area contributed by atoms with Gasteiger partial charge in [0.25, 0.3) is 5.69 Å². The molecule has 0 saturated carbocycles. The molecule has 1 aromatic heterocycles. The van der Waals surface area contributed by atoms with Gasteiger partial charge in [0.2, 0.25) is 5.95 Å². The fourth-order valence-corrected chi connectivity index (χ4v) is 2.51. The molecular formula is C17H11BrF3N5O2. The molecule has 28 heavy (non-hydrogen) atoms. The van der Waals surface area contributed by atoms with Gasteiger partial charge in [-0.15, -0.1) is 0 Å². The van der Waals surface area contributed by atoms with E-state index in [1.54, 1.807) is 24.3 Å². The van der Waals surface area contributed by atoms with Crippen LogP contribution < -0.4 is 10.6 Å². The molecule has 2 aromatic carbocycles. The van der Waals surface area contributed by atoms with E-state index in [4.69, 9.17) is 0 Å². The van der Waals surface area contributed by atoms with Crippen LogP contribution in [0.4, 0.5) is 42.0 Å². The molecule has 0 bridgehead atoms. The number of aromatic nitrogens is 2. The Balaban J connectivity index is 1.95. The van der Waals surface area contributed by atoms with Crippen LogP contribution in [0.2, 0.25) is 0 Å². The molecule has 3 rings (SSSR count). The van der Waals surface area contributed by atoms with E-state index < -0.39 is 22.5 Å². The smallest absolute Gasteiger partial charge is 0.339 e. The van der Waals surface area contributed by atoms with Crippen LogP contribution in [0.1, 0.15) is 5.56 Å². The number of hydrogen-bond donors (Lipinski definition) is 2. The minimum absolute atomic E-state index is 0.0664. The van der Waals surface area contributed by atoms with Crippen molar-refractivity contribution in [1.29, 1.82) is 0 Å². The molecule has 0 saturated heterocycles. The second-order valence-corrected chi connectivity index (χ2v) is 6.43. The SMILES string of the molecule is O=[N+]([O-])c1cccc(Nc2nc(Nc3ccc(Br)cc3)ncc2C(F)(F)F)c1. The summed E-state index contributed by atoms with van der Waals surface area (Å²) in [6.07, 6.45) is -4.06. The van der Waals surface area contributed by atoms with Gasteiger partial charge in [-0.2, -0.15) is 18.2 Å². The lowest BCUT2D eigenvalue weighted by molar-refractivity contribution is -0.384. The van der Waals surface area contributed by atoms with Crippen LogP contribution in [-0.4, -0.2) is 14.9 Å². The summed E-state index contributed by atoms with van der Waals surface area (Å²) in [5, 5.41) is 16.2. The van der Waals surface area contributed by atoms with E-state index in [1.807, 2.05) is 0 Å². The lowest BCUT2D eigenvalue weighted by Gasteiger charge is -2.15. The largest absolute Gasteiger partial charge is 0.421 e. The van der Waals surface area contributed by atoms with Crippen molar-refractivity contribution in [3.63, 3.8) is 0 Å². The summed E-state index contributed by atoms with van der Waals surface area (Å²) in [6, 6.07) is 12.0. The molecule has 11 heteroatoms. The number of nitro benzene ring substituents is 1. The minimum Gasteiger partial charge on any atom is -0.339 e. The number of rotatable bonds is 5. The third kappa shape index (κ3) is 4.74. The van der Waals surface area contributed by atoms with Gasteiger partial charge in [-0.3, -0.25) is 10.1 Å². The molecule has 1 heterocycles. The third-order valence-corrected chi connectivity index (χ3v) is 4.04. The molecule has 2 N–H and O–H groups in total. The Morgan fingerprint density at radius 2 is 1.75 bits per heavy atom. The Morgan fingerprint density at radius 1 is 1.04 bits per heavy atom. The van der Waals surface area contributed by atoms with Crippen LogP contribution in [0.25, 0.3) is 0 Å². The number of non-ortho nitro benzene ring substituents is 1. The van der Waals surface area contributed by atoms with Gasteiger partial charge in [0.15, 0.2) is 0 Å². The maximum absolute atomic E-state index is 13.3. The number of nitrogens with one attached hydrogen (secondary N) is 2. The van der Waals surface area contributed by atoms with Gasteiger partial charge >= 0.3 is 6.18 Å². The quantitative estimate of drug-likeness (QED) is 0.382. The van der Waals surface area contributed by atoms with Gasteiger partial charge in [0.05, 0.1) is 4.92 Å². The number of anilines is 4. The summed E-state index contributed by atoms with van der Waals surface area (Å²) in [5.74, 6) is -0.592. The first-order valence-electron chi connectivity index (χ1n) is 7.71. The Hall–Kier alpha value is -3.21. The van der Waals surface area contributed by atoms with E-state index in [0.29, 0.717) is 11.9 Å². The van der Waals surface area contributed by atoms with Crippen molar-refractivity contribution >= 4 is 44.8 Å². The summed E-state index contributed by atoms with van der Waals surface area (Å²) in [6.45, 7) is 0. The number of alkyl halides is 3. The summed E-state index contributed by atoms with van der Waals surface area (Å²) in [7, 11) is 0. The molecule has 144 valence electrons. The molecule has 0 atom stereocenters. The molecule has 0 radical (unpaired) electrons. The Kier molecular flexibility index (Phi) is 5.45. The minimum atomic E-state index is -4.71. The topological polar surface area (TPSA) is 93.0 Å². The number of nitro groups is 1. The van der Waals surface area contributed by atoms with Crippen molar-refractivity contribution < 1.29 is 18.1 Å². The summed E-state index contributed by atoms with van der Waals surface area (Å²) >= 11 is 3.28. The van der Waals surface area contributed by atoms with Gasteiger partial charge < -0.3 is 10.6 Å². The van der Waals surface area contributed by atoms with Crippen molar-refractivity contribution in [2.75, 3.05) is 10.6 Å². The van der Waals surface area contributed by atoms with E-state index in [1.165, 1.54) is 18.2 Å². The van der Waals surface area contributed by atoms with E-state index in [-0.39, 0.29) is 17.3 Å². The van der Waals surface area contributed by atoms with Crippen molar-refractivity contribution in [3.05, 3.63) is 74.9 Å². The lowest BCUT2D eigenvalue weighted by Crippen LogP contribution is -2.12. The number of nitrogens with zero attached hydrogens (tertiary/aromatic N) is 3. The average Bonchev–Trinajstić information content (AvgIpc) is 2.63. The van der Waals surface area contributed by atoms with E-state index in [0.717, 1.165) is 10.5 Å². The molecule has 3 aromatic rings. The van der Waals surface area contributed by atoms with Gasteiger partial charge in [-0.1, -0.05) is 22.0 Å². The first-order valence-corrected chi connectivity index (χ1v) is 8.50. The fourth-order valence-electron chi connectivity index (χ4n) is 2.24. The van der Waals surface area contributed by atoms with Crippen molar-refractivity contribution in [1.82, 2.24) is 9.97 Å². The van der Waals surface area contributed by atoms with Crippen LogP contribution >= 0.6 is 15.9 Å². The highest BCUT2D eigenvalue weighted by Crippen LogP contribution is 2.35. The second-order valence-electron chi connectivity index (χ2n) is 5.52. The molecular weight excluding hydrogens is 443 g/mol. The predicted octanol–water partition coefficient (Wildman–Crippen LogP) is 5.65. The molecule has 0 fully saturated rings. The highest BCUT2D eigenvalue weighted by molar-refractivity contribution is 9.10. The van der Waals surface area contributed by atoms with Gasteiger partial charge in [0.1, 0.15) is 11.4 Å². The highest BCUT2D eigenvalue weighted by Gasteiger charge is 2.35. The molecule has 0 aliphatic rings. The van der Waals surface area contributed by atoms with Crippen molar-refractivity contribution in [2.24, 2.45) is 0 Å². The van der Waals surface area contributed by atoms with Crippen LogP contribution in [0, 0.1) is 10.1 Å². The molecule has 0 spiro atoms. The first-order chi connectivity index (χ1) is 13.2. The second kappa shape index (κ2) is 7.80. The average molecular weight is 454 g/mol. The monoisotopic (exact) mass is 453 g/mol. The van der Waals surface area contributed by atoms with Crippen LogP contribution in [0.3, 0.4) is 0 Å². The van der Waals surface area contributed by atoms with Crippen LogP contribution in [0.5, 0.6) is 0 Å². The normalized spacial score (nSPS) is 11.1. The summed E-state index contributed by atoms with van der Waals surface area (Å²) in [4.78, 5) is 17.8. The Bertz CT molecular complexity index is 1010. The molecule has 0 aliphatic carbocycles. The lowest BCUT2D eigenvalue weighted by atomic mass is 10.2. The van der Waals surface area contributed by atoms with E-state index >= 15 is 0 Å². The molecule has 0 unspecified atom stereocenters. The van der Waals surface area contributed by atoms with Crippen molar-refractivity contribution in [3.8, 4) is 0 Å². The zero-order chi connectivity index (χ0) is 20.3. The first kappa shape index (κ1) is 19.5. The van der Waals surface area contributed by atoms with Gasteiger partial charge in [0, 0.05) is 34.2 Å². The zero-order valence-corrected chi connectivity index (χ0v) is 15.5. The molecule has 0 aliphatic heterocycles. The highest BCUT2D eigenvalue weighted by atomic mass is 79.9. The summed E-state index contributed by atoms with van der Waals surface area (Å²) in [5.41, 5.74) is -0.696. The van der Waals surface area contributed by atoms with Gasteiger partial charge in [-0.25, -0.2) is 4.98 Å². The Morgan fingerprint density at radius 3 is 2.39 bits per heavy atom. The maximum Gasteiger partial charge on any atom is 0.421 e. The van der Waals surface area contributed by atoms with Crippen LogP contribution in [-0.2, 0) is 6.18 Å². The zero-order valence-electron chi connectivity index (χ0n) is 13.9. The third-order valence-electron chi connectivity index (χ3n) is 3.51. The predicted molar refractivity (Wildman–Crippen MR) is 101 cm³/mol. The number of halogens is 4. The van der Waals surface area contributed by atoms with Crippen molar-refractivity contribution in [2.45, 2.75) is 6.18 Å². The van der Waals surface area contributed by atoms with E-state index in [9.17, 15) is 23.3 Å². The van der Waals surface area contributed by atoms with E-state index in [2.05, 4.69) is 36.5 Å². The molecule has 0 amide bonds. The molecule has 7 nitrogen and oxygen atoms in total. The number of hydrogen-bond acceptors (Lipinski definition) is 6. The number of benzene rings is 2. The fraction of sp³-hybridized carbons (Fsp3) is 0.0588. The standard InChI is InChI=1S/C17H11BrF3N5O2/c18-10-4-6-11(7-5-10)24-16-22-9-14(17(19,20)21)15(25-16)23-12-2-1-3-13(8-12)26(27)28/h1-9H,(H2,22,23,24,25). The maximum atomic E-state index is 13.3.